The van der Waals surface area contributed by atoms with Crippen molar-refractivity contribution in [1.82, 2.24) is 0 Å². The summed E-state index contributed by atoms with van der Waals surface area (Å²) >= 11 is 0. The standard InChI is InChI=1S/C26H36O7/c1-15(2)23(31-18(5)27)13-24(32-19(6)28)22-14-30-26(33-20(7)29)25-17(4)10-8-9-16(3)11-12-21(22)25/h9,14,21,23-26H,1,4,8,10-13H2,2-3,5-7H3/b16-9+/t21-,23?,24?,25+,26-/m1/s1. The Bertz CT molecular complexity index is 851. The Labute approximate surface area is 196 Å². The van der Waals surface area contributed by atoms with E-state index in [0.717, 1.165) is 36.8 Å². The molecule has 1 heterocycles. The molecule has 2 unspecified atom stereocenters. The molecule has 2 rings (SSSR count). The third kappa shape index (κ3) is 7.62. The van der Waals surface area contributed by atoms with Crippen molar-refractivity contribution in [1.29, 1.82) is 0 Å². The first kappa shape index (κ1) is 26.4. The zero-order valence-corrected chi connectivity index (χ0v) is 20.3. The number of hydrogen-bond donors (Lipinski definition) is 0. The molecule has 0 aromatic heterocycles. The number of ether oxygens (including phenoxy) is 4. The Hall–Kier alpha value is -2.83. The van der Waals surface area contributed by atoms with E-state index >= 15 is 0 Å². The predicted molar refractivity (Wildman–Crippen MR) is 124 cm³/mol. The summed E-state index contributed by atoms with van der Waals surface area (Å²) in [7, 11) is 0. The highest BCUT2D eigenvalue weighted by atomic mass is 16.7. The van der Waals surface area contributed by atoms with Crippen molar-refractivity contribution in [3.63, 3.8) is 0 Å². The van der Waals surface area contributed by atoms with Crippen LogP contribution in [0.1, 0.15) is 66.7 Å². The minimum absolute atomic E-state index is 0.135. The molecular formula is C26H36O7. The van der Waals surface area contributed by atoms with Gasteiger partial charge in [0.1, 0.15) is 12.2 Å². The molecule has 7 heteroatoms. The van der Waals surface area contributed by atoms with E-state index in [-0.39, 0.29) is 18.3 Å². The van der Waals surface area contributed by atoms with Crippen LogP contribution in [0.25, 0.3) is 0 Å². The Morgan fingerprint density at radius 2 is 1.76 bits per heavy atom. The second-order valence-electron chi connectivity index (χ2n) is 8.93. The third-order valence-electron chi connectivity index (χ3n) is 6.02. The summed E-state index contributed by atoms with van der Waals surface area (Å²) < 4.78 is 22.5. The summed E-state index contributed by atoms with van der Waals surface area (Å²) in [5, 5.41) is 0. The van der Waals surface area contributed by atoms with Crippen LogP contribution < -0.4 is 0 Å². The summed E-state index contributed by atoms with van der Waals surface area (Å²) in [4.78, 5) is 35.4. The second-order valence-corrected chi connectivity index (χ2v) is 8.93. The lowest BCUT2D eigenvalue weighted by Gasteiger charge is -2.41. The van der Waals surface area contributed by atoms with Crippen LogP contribution in [0.3, 0.4) is 0 Å². The van der Waals surface area contributed by atoms with E-state index in [9.17, 15) is 14.4 Å². The molecular weight excluding hydrogens is 424 g/mol. The van der Waals surface area contributed by atoms with E-state index in [1.54, 1.807) is 6.92 Å². The Balaban J connectivity index is 2.49. The Morgan fingerprint density at radius 3 is 2.33 bits per heavy atom. The molecule has 1 aliphatic carbocycles. The number of rotatable bonds is 7. The van der Waals surface area contributed by atoms with Crippen molar-refractivity contribution in [2.45, 2.75) is 85.2 Å². The first-order valence-electron chi connectivity index (χ1n) is 11.3. The SMILES string of the molecule is C=C(C)C(CC(OC(C)=O)C1=CO[C@H](OC(C)=O)[C@H]2C(=C)CC/C=C(\C)CC[C@H]12)OC(C)=O. The van der Waals surface area contributed by atoms with Crippen molar-refractivity contribution in [3.05, 3.63) is 47.8 Å². The van der Waals surface area contributed by atoms with Gasteiger partial charge in [-0.1, -0.05) is 30.4 Å². The first-order chi connectivity index (χ1) is 15.5. The molecule has 0 radical (unpaired) electrons. The highest BCUT2D eigenvalue weighted by Gasteiger charge is 2.43. The zero-order chi connectivity index (χ0) is 24.7. The van der Waals surface area contributed by atoms with E-state index in [0.29, 0.717) is 5.57 Å². The topological polar surface area (TPSA) is 88.1 Å². The summed E-state index contributed by atoms with van der Waals surface area (Å²) in [5.41, 5.74) is 3.59. The first-order valence-corrected chi connectivity index (χ1v) is 11.3. The van der Waals surface area contributed by atoms with Crippen LogP contribution in [0, 0.1) is 11.8 Å². The van der Waals surface area contributed by atoms with Gasteiger partial charge in [0.25, 0.3) is 0 Å². The minimum atomic E-state index is -0.800. The zero-order valence-electron chi connectivity index (χ0n) is 20.3. The van der Waals surface area contributed by atoms with Gasteiger partial charge in [0, 0.05) is 38.7 Å². The molecule has 0 bridgehead atoms. The molecule has 33 heavy (non-hydrogen) atoms. The maximum Gasteiger partial charge on any atom is 0.305 e. The Kier molecular flexibility index (Phi) is 9.50. The van der Waals surface area contributed by atoms with E-state index < -0.39 is 36.4 Å². The fourth-order valence-corrected chi connectivity index (χ4v) is 4.47. The third-order valence-corrected chi connectivity index (χ3v) is 6.02. The maximum atomic E-state index is 12.0. The van der Waals surface area contributed by atoms with Crippen LogP contribution >= 0.6 is 0 Å². The van der Waals surface area contributed by atoms with E-state index in [1.165, 1.54) is 32.6 Å². The summed E-state index contributed by atoms with van der Waals surface area (Å²) in [6.45, 7) is 16.1. The molecule has 0 saturated heterocycles. The van der Waals surface area contributed by atoms with E-state index in [2.05, 4.69) is 26.2 Å². The average Bonchev–Trinajstić information content (AvgIpc) is 2.76. The lowest BCUT2D eigenvalue weighted by atomic mass is 9.74. The van der Waals surface area contributed by atoms with E-state index in [1.807, 2.05) is 0 Å². The molecule has 2 aliphatic rings. The quantitative estimate of drug-likeness (QED) is 0.302. The largest absolute Gasteiger partial charge is 0.462 e. The van der Waals surface area contributed by atoms with Gasteiger partial charge in [-0.15, -0.1) is 0 Å². The van der Waals surface area contributed by atoms with Gasteiger partial charge in [-0.2, -0.15) is 0 Å². The molecule has 1 aliphatic heterocycles. The van der Waals surface area contributed by atoms with Crippen LogP contribution in [0.5, 0.6) is 0 Å². The van der Waals surface area contributed by atoms with Crippen LogP contribution in [-0.2, 0) is 33.3 Å². The van der Waals surface area contributed by atoms with Crippen LogP contribution in [0.2, 0.25) is 0 Å². The maximum absolute atomic E-state index is 12.0. The fraction of sp³-hybridized carbons (Fsp3) is 0.577. The molecule has 0 N–H and O–H groups in total. The molecule has 5 atom stereocenters. The number of carbonyl (C=O) groups is 3. The van der Waals surface area contributed by atoms with Gasteiger partial charge in [0.2, 0.25) is 6.29 Å². The molecule has 0 aromatic rings. The predicted octanol–water partition coefficient (Wildman–Crippen LogP) is 4.93. The van der Waals surface area contributed by atoms with Gasteiger partial charge in [-0.05, 0) is 45.1 Å². The van der Waals surface area contributed by atoms with Crippen LogP contribution in [0.15, 0.2) is 47.8 Å². The molecule has 7 nitrogen and oxygen atoms in total. The molecule has 0 amide bonds. The molecule has 0 spiro atoms. The van der Waals surface area contributed by atoms with E-state index in [4.69, 9.17) is 18.9 Å². The van der Waals surface area contributed by atoms with Crippen LogP contribution in [-0.4, -0.2) is 36.4 Å². The van der Waals surface area contributed by atoms with Gasteiger partial charge in [-0.3, -0.25) is 14.4 Å². The number of carbonyl (C=O) groups excluding carboxylic acids is 3. The van der Waals surface area contributed by atoms with Gasteiger partial charge in [0.05, 0.1) is 12.2 Å². The second kappa shape index (κ2) is 11.9. The summed E-state index contributed by atoms with van der Waals surface area (Å²) in [5.74, 6) is -1.76. The smallest absolute Gasteiger partial charge is 0.305 e. The highest BCUT2D eigenvalue weighted by molar-refractivity contribution is 5.67. The van der Waals surface area contributed by atoms with Gasteiger partial charge in [0.15, 0.2) is 0 Å². The number of fused-ring (bicyclic) bond motifs is 1. The normalized spacial score (nSPS) is 26.3. The molecule has 0 saturated carbocycles. The van der Waals surface area contributed by atoms with Gasteiger partial charge < -0.3 is 18.9 Å². The van der Waals surface area contributed by atoms with Crippen molar-refractivity contribution < 1.29 is 33.3 Å². The molecule has 0 aromatic carbocycles. The summed E-state index contributed by atoms with van der Waals surface area (Å²) in [6.07, 6.45) is 4.97. The molecule has 0 fully saturated rings. The fourth-order valence-electron chi connectivity index (χ4n) is 4.47. The van der Waals surface area contributed by atoms with Crippen molar-refractivity contribution in [2.24, 2.45) is 11.8 Å². The van der Waals surface area contributed by atoms with Gasteiger partial charge >= 0.3 is 17.9 Å². The number of hydrogen-bond acceptors (Lipinski definition) is 7. The number of esters is 3. The Morgan fingerprint density at radius 1 is 1.09 bits per heavy atom. The highest BCUT2D eigenvalue weighted by Crippen LogP contribution is 2.44. The van der Waals surface area contributed by atoms with Crippen LogP contribution in [0.4, 0.5) is 0 Å². The number of allylic oxidation sites excluding steroid dienone is 2. The lowest BCUT2D eigenvalue weighted by molar-refractivity contribution is -0.181. The average molecular weight is 461 g/mol. The van der Waals surface area contributed by atoms with Crippen molar-refractivity contribution in [2.75, 3.05) is 0 Å². The lowest BCUT2D eigenvalue weighted by Crippen LogP contribution is -2.42. The monoisotopic (exact) mass is 460 g/mol. The van der Waals surface area contributed by atoms with Gasteiger partial charge in [-0.25, -0.2) is 0 Å². The van der Waals surface area contributed by atoms with Crippen molar-refractivity contribution >= 4 is 17.9 Å². The summed E-state index contributed by atoms with van der Waals surface area (Å²) in [6, 6.07) is 0. The van der Waals surface area contributed by atoms with Crippen molar-refractivity contribution in [3.8, 4) is 0 Å². The molecule has 182 valence electrons. The minimum Gasteiger partial charge on any atom is -0.462 e.